The first-order valence-electron chi connectivity index (χ1n) is 10.8. The van der Waals surface area contributed by atoms with E-state index in [0.717, 1.165) is 27.7 Å². The predicted octanol–water partition coefficient (Wildman–Crippen LogP) is 0.776. The van der Waals surface area contributed by atoms with Crippen LogP contribution in [0.25, 0.3) is 0 Å². The molecule has 0 aliphatic carbocycles. The summed E-state index contributed by atoms with van der Waals surface area (Å²) >= 11 is 0. The van der Waals surface area contributed by atoms with Gasteiger partial charge < -0.3 is 23.7 Å². The summed E-state index contributed by atoms with van der Waals surface area (Å²) in [7, 11) is -4.50. The molecule has 0 spiro atoms. The van der Waals surface area contributed by atoms with Gasteiger partial charge in [-0.15, -0.1) is 0 Å². The Morgan fingerprint density at radius 2 is 1.64 bits per heavy atom. The molecular formula is C22H28FNO11S. The molecule has 1 heterocycles. The Hall–Kier alpha value is -3.10. The molecule has 12 nitrogen and oxygen atoms in total. The van der Waals surface area contributed by atoms with Gasteiger partial charge in [0, 0.05) is 27.7 Å². The third kappa shape index (κ3) is 6.98. The van der Waals surface area contributed by atoms with Gasteiger partial charge in [-0.05, 0) is 19.1 Å². The molecule has 1 N–H and O–H groups in total. The molecule has 1 saturated heterocycles. The molecule has 36 heavy (non-hydrogen) atoms. The zero-order chi connectivity index (χ0) is 27.3. The average molecular weight is 534 g/mol. The molecule has 1 aromatic rings. The van der Waals surface area contributed by atoms with Crippen molar-refractivity contribution in [2.24, 2.45) is 0 Å². The Bertz CT molecular complexity index is 1080. The smallest absolute Gasteiger partial charge is 0.305 e. The second kappa shape index (κ2) is 11.8. The monoisotopic (exact) mass is 533 g/mol. The van der Waals surface area contributed by atoms with E-state index in [0.29, 0.717) is 0 Å². The van der Waals surface area contributed by atoms with Crippen LogP contribution in [-0.4, -0.2) is 75.2 Å². The molecule has 1 aliphatic heterocycles. The molecule has 1 aliphatic rings. The molecule has 1 fully saturated rings. The fourth-order valence-electron chi connectivity index (χ4n) is 3.70. The molecule has 2 rings (SSSR count). The van der Waals surface area contributed by atoms with E-state index in [1.54, 1.807) is 6.07 Å². The van der Waals surface area contributed by atoms with E-state index >= 15 is 4.39 Å². The first kappa shape index (κ1) is 29.1. The quantitative estimate of drug-likeness (QED) is 0.353. The van der Waals surface area contributed by atoms with E-state index in [1.165, 1.54) is 31.2 Å². The van der Waals surface area contributed by atoms with Crippen LogP contribution in [0.2, 0.25) is 0 Å². The van der Waals surface area contributed by atoms with Gasteiger partial charge in [0.15, 0.2) is 12.3 Å². The number of hydrogen-bond acceptors (Lipinski definition) is 11. The predicted molar refractivity (Wildman–Crippen MR) is 118 cm³/mol. The molecule has 4 unspecified atom stereocenters. The summed E-state index contributed by atoms with van der Waals surface area (Å²) in [6, 6.07) is 4.88. The summed E-state index contributed by atoms with van der Waals surface area (Å²) in [5.41, 5.74) is 0. The number of hydrogen-bond donors (Lipinski definition) is 1. The Balaban J connectivity index is 2.77. The highest BCUT2D eigenvalue weighted by atomic mass is 32.2. The number of carbonyl (C=O) groups is 4. The summed E-state index contributed by atoms with van der Waals surface area (Å²) in [5.74, 6) is -6.44. The maximum Gasteiger partial charge on any atom is 0.305 e. The summed E-state index contributed by atoms with van der Waals surface area (Å²) in [5, 5.41) is 0. The van der Waals surface area contributed by atoms with Crippen molar-refractivity contribution in [1.29, 1.82) is 0 Å². The second-order valence-electron chi connectivity index (χ2n) is 7.97. The van der Waals surface area contributed by atoms with E-state index in [2.05, 4.69) is 4.72 Å². The Morgan fingerprint density at radius 1 is 1.03 bits per heavy atom. The van der Waals surface area contributed by atoms with Gasteiger partial charge in [0.1, 0.15) is 12.6 Å². The lowest BCUT2D eigenvalue weighted by Crippen LogP contribution is -2.75. The minimum Gasteiger partial charge on any atom is -0.462 e. The van der Waals surface area contributed by atoms with Gasteiger partial charge in [0.2, 0.25) is 16.1 Å². The number of halogens is 1. The zero-order valence-electron chi connectivity index (χ0n) is 20.3. The molecular weight excluding hydrogens is 505 g/mol. The average Bonchev–Trinajstić information content (AvgIpc) is 2.76. The highest BCUT2D eigenvalue weighted by Gasteiger charge is 2.64. The van der Waals surface area contributed by atoms with Crippen LogP contribution in [0.1, 0.15) is 34.6 Å². The van der Waals surface area contributed by atoms with Gasteiger partial charge in [-0.3, -0.25) is 19.2 Å². The minimum absolute atomic E-state index is 0.263. The van der Waals surface area contributed by atoms with Crippen molar-refractivity contribution in [2.45, 2.75) is 75.8 Å². The van der Waals surface area contributed by atoms with Gasteiger partial charge >= 0.3 is 23.9 Å². The summed E-state index contributed by atoms with van der Waals surface area (Å²) in [6.07, 6.45) is -7.31. The fraction of sp³-hybridized carbons (Fsp3) is 0.545. The highest BCUT2D eigenvalue weighted by Crippen LogP contribution is 2.39. The summed E-state index contributed by atoms with van der Waals surface area (Å²) < 4.78 is 70.4. The van der Waals surface area contributed by atoms with E-state index < -0.39 is 76.8 Å². The normalized spacial score (nSPS) is 26.8. The number of alkyl halides is 1. The van der Waals surface area contributed by atoms with Gasteiger partial charge in [-0.2, -0.15) is 4.72 Å². The van der Waals surface area contributed by atoms with Gasteiger partial charge in [-0.25, -0.2) is 12.8 Å². The lowest BCUT2D eigenvalue weighted by atomic mass is 9.88. The second-order valence-corrected chi connectivity index (χ2v) is 9.68. The maximum absolute atomic E-state index is 15.4. The van der Waals surface area contributed by atoms with Crippen LogP contribution in [0.4, 0.5) is 4.39 Å². The van der Waals surface area contributed by atoms with Crippen molar-refractivity contribution >= 4 is 33.9 Å². The molecule has 0 aromatic heterocycles. The zero-order valence-corrected chi connectivity index (χ0v) is 21.1. The van der Waals surface area contributed by atoms with Crippen molar-refractivity contribution in [3.8, 4) is 0 Å². The number of nitrogens with one attached hydrogen (secondary N) is 1. The van der Waals surface area contributed by atoms with Crippen LogP contribution in [0.3, 0.4) is 0 Å². The maximum atomic E-state index is 15.4. The third-order valence-electron chi connectivity index (χ3n) is 5.03. The van der Waals surface area contributed by atoms with Gasteiger partial charge in [0.05, 0.1) is 11.0 Å². The van der Waals surface area contributed by atoms with Crippen LogP contribution in [0.15, 0.2) is 35.2 Å². The first-order valence-corrected chi connectivity index (χ1v) is 12.2. The molecule has 14 heteroatoms. The van der Waals surface area contributed by atoms with Crippen LogP contribution in [0, 0.1) is 0 Å². The van der Waals surface area contributed by atoms with Crippen LogP contribution >= 0.6 is 0 Å². The number of benzene rings is 1. The van der Waals surface area contributed by atoms with Gasteiger partial charge in [0.25, 0.3) is 5.79 Å². The topological polar surface area (TPSA) is 161 Å². The van der Waals surface area contributed by atoms with Crippen molar-refractivity contribution in [2.75, 3.05) is 6.61 Å². The third-order valence-corrected chi connectivity index (χ3v) is 6.49. The highest BCUT2D eigenvalue weighted by molar-refractivity contribution is 7.89. The number of sulfonamides is 1. The van der Waals surface area contributed by atoms with E-state index in [9.17, 15) is 27.6 Å². The fourth-order valence-corrected chi connectivity index (χ4v) is 4.98. The first-order chi connectivity index (χ1) is 16.7. The Kier molecular flexibility index (Phi) is 9.51. The van der Waals surface area contributed by atoms with Crippen molar-refractivity contribution in [3.63, 3.8) is 0 Å². The lowest BCUT2D eigenvalue weighted by Gasteiger charge is -2.51. The van der Waals surface area contributed by atoms with Crippen LogP contribution in [0.5, 0.6) is 0 Å². The lowest BCUT2D eigenvalue weighted by molar-refractivity contribution is -0.341. The molecule has 0 radical (unpaired) electrons. The minimum atomic E-state index is -4.50. The van der Waals surface area contributed by atoms with Crippen LogP contribution in [-0.2, 0) is 52.9 Å². The van der Waals surface area contributed by atoms with E-state index in [4.69, 9.17) is 23.7 Å². The summed E-state index contributed by atoms with van der Waals surface area (Å²) in [4.78, 5) is 47.3. The van der Waals surface area contributed by atoms with E-state index in [1.807, 2.05) is 0 Å². The van der Waals surface area contributed by atoms with Crippen molar-refractivity contribution < 1.29 is 55.7 Å². The van der Waals surface area contributed by atoms with Gasteiger partial charge in [-0.1, -0.05) is 18.2 Å². The molecule has 0 bridgehead atoms. The Labute approximate surface area is 207 Å². The largest absolute Gasteiger partial charge is 0.462 e. The molecule has 1 aromatic carbocycles. The molecule has 0 amide bonds. The number of carbonyl (C=O) groups excluding carboxylic acids is 4. The Morgan fingerprint density at radius 3 is 2.14 bits per heavy atom. The molecule has 6 atom stereocenters. The molecule has 200 valence electrons. The van der Waals surface area contributed by atoms with Crippen molar-refractivity contribution in [3.05, 3.63) is 30.3 Å². The van der Waals surface area contributed by atoms with Crippen LogP contribution < -0.4 is 4.72 Å². The number of esters is 4. The number of rotatable bonds is 9. The summed E-state index contributed by atoms with van der Waals surface area (Å²) in [6.45, 7) is 4.37. The standard InChI is InChI=1S/C22H28FNO11S/c1-12-19(23)20(33-15(4)27)21(24-36(29,30)17-9-7-6-8-10-17)22(34-12,35-16(5)28)18(32-14(3)26)11-31-13(2)25/h6-10,12,18-21,24H,11H2,1-5H3/t12?,18-,19?,20?,21?,22+/m1/s1. The van der Waals surface area contributed by atoms with Crippen molar-refractivity contribution in [1.82, 2.24) is 4.72 Å². The number of ether oxygens (including phenoxy) is 5. The molecule has 0 saturated carbocycles. The van der Waals surface area contributed by atoms with E-state index in [-0.39, 0.29) is 4.90 Å². The SMILES string of the molecule is CC(=O)OC[C@@H](OC(C)=O)[C@@]1(OC(C)=O)OC(C)C(F)C(OC(C)=O)C1NS(=O)(=O)c1ccccc1.